The molecule has 0 aromatic carbocycles. The molecule has 1 saturated heterocycles. The Kier molecular flexibility index (Phi) is 5.39. The fourth-order valence-corrected chi connectivity index (χ4v) is 4.33. The molecule has 3 fully saturated rings. The van der Waals surface area contributed by atoms with E-state index in [1.54, 1.807) is 0 Å². The summed E-state index contributed by atoms with van der Waals surface area (Å²) in [5.41, 5.74) is 0. The van der Waals surface area contributed by atoms with Gasteiger partial charge in [0.15, 0.2) is 0 Å². The van der Waals surface area contributed by atoms with Crippen molar-refractivity contribution >= 4 is 0 Å². The van der Waals surface area contributed by atoms with Crippen LogP contribution in [-0.2, 0) is 0 Å². The van der Waals surface area contributed by atoms with Gasteiger partial charge < -0.3 is 5.32 Å². The smallest absolute Gasteiger partial charge is 0.0195 e. The maximum absolute atomic E-state index is 3.71. The average Bonchev–Trinajstić information content (AvgIpc) is 3.19. The lowest BCUT2D eigenvalue weighted by molar-refractivity contribution is 0.156. The molecular formula is C18H34N2. The highest BCUT2D eigenvalue weighted by molar-refractivity contribution is 4.87. The van der Waals surface area contributed by atoms with Crippen molar-refractivity contribution in [3.05, 3.63) is 0 Å². The Morgan fingerprint density at radius 2 is 1.70 bits per heavy atom. The molecule has 2 aliphatic carbocycles. The third-order valence-electron chi connectivity index (χ3n) is 5.96. The number of rotatable bonds is 6. The van der Waals surface area contributed by atoms with Gasteiger partial charge in [-0.3, -0.25) is 4.90 Å². The molecule has 0 aromatic heterocycles. The van der Waals surface area contributed by atoms with Gasteiger partial charge in [-0.05, 0) is 63.3 Å². The van der Waals surface area contributed by atoms with Crippen LogP contribution in [-0.4, -0.2) is 36.6 Å². The molecular weight excluding hydrogens is 244 g/mol. The van der Waals surface area contributed by atoms with Gasteiger partial charge in [0.25, 0.3) is 0 Å². The Hall–Kier alpha value is -0.0800. The summed E-state index contributed by atoms with van der Waals surface area (Å²) in [5.74, 6) is 2.06. The Labute approximate surface area is 125 Å². The zero-order valence-corrected chi connectivity index (χ0v) is 13.4. The minimum Gasteiger partial charge on any atom is -0.313 e. The lowest BCUT2D eigenvalue weighted by Gasteiger charge is -2.33. The molecule has 1 aliphatic heterocycles. The quantitative estimate of drug-likeness (QED) is 0.743. The van der Waals surface area contributed by atoms with E-state index in [0.29, 0.717) is 0 Å². The molecule has 116 valence electrons. The van der Waals surface area contributed by atoms with E-state index in [1.165, 1.54) is 83.8 Å². The number of nitrogens with one attached hydrogen (secondary N) is 1. The van der Waals surface area contributed by atoms with Gasteiger partial charge in [-0.15, -0.1) is 0 Å². The van der Waals surface area contributed by atoms with E-state index in [9.17, 15) is 0 Å². The van der Waals surface area contributed by atoms with Gasteiger partial charge in [-0.1, -0.05) is 26.2 Å². The first-order valence-corrected chi connectivity index (χ1v) is 9.32. The lowest BCUT2D eigenvalue weighted by atomic mass is 9.97. The van der Waals surface area contributed by atoms with Crippen LogP contribution in [0.3, 0.4) is 0 Å². The predicted octanol–water partition coefficient (Wildman–Crippen LogP) is 3.81. The lowest BCUT2D eigenvalue weighted by Crippen LogP contribution is -2.44. The van der Waals surface area contributed by atoms with E-state index >= 15 is 0 Å². The maximum Gasteiger partial charge on any atom is 0.0195 e. The average molecular weight is 278 g/mol. The van der Waals surface area contributed by atoms with Gasteiger partial charge in [0, 0.05) is 25.2 Å². The van der Waals surface area contributed by atoms with Crippen LogP contribution in [0.4, 0.5) is 0 Å². The van der Waals surface area contributed by atoms with Crippen molar-refractivity contribution in [2.45, 2.75) is 83.2 Å². The van der Waals surface area contributed by atoms with Crippen molar-refractivity contribution in [3.8, 4) is 0 Å². The molecule has 1 heterocycles. The molecule has 2 heteroatoms. The Bertz CT molecular complexity index is 281. The van der Waals surface area contributed by atoms with Gasteiger partial charge in [0.2, 0.25) is 0 Å². The topological polar surface area (TPSA) is 15.3 Å². The molecule has 3 unspecified atom stereocenters. The SMILES string of the molecule is CCC1CCCC(N(CC2CC2)CC2CCCN2)CC1. The van der Waals surface area contributed by atoms with E-state index in [1.807, 2.05) is 0 Å². The highest BCUT2D eigenvalue weighted by Crippen LogP contribution is 2.34. The van der Waals surface area contributed by atoms with Crippen LogP contribution in [0.2, 0.25) is 0 Å². The Morgan fingerprint density at radius 3 is 2.40 bits per heavy atom. The highest BCUT2D eigenvalue weighted by Gasteiger charge is 2.31. The number of hydrogen-bond donors (Lipinski definition) is 1. The van der Waals surface area contributed by atoms with Crippen molar-refractivity contribution in [3.63, 3.8) is 0 Å². The molecule has 3 atom stereocenters. The van der Waals surface area contributed by atoms with Crippen LogP contribution < -0.4 is 5.32 Å². The zero-order chi connectivity index (χ0) is 13.8. The summed E-state index contributed by atoms with van der Waals surface area (Å²) < 4.78 is 0. The second-order valence-corrected chi connectivity index (χ2v) is 7.63. The molecule has 20 heavy (non-hydrogen) atoms. The Morgan fingerprint density at radius 1 is 0.850 bits per heavy atom. The van der Waals surface area contributed by atoms with E-state index in [2.05, 4.69) is 17.1 Å². The van der Waals surface area contributed by atoms with Gasteiger partial charge in [-0.2, -0.15) is 0 Å². The largest absolute Gasteiger partial charge is 0.313 e. The third kappa shape index (κ3) is 4.21. The van der Waals surface area contributed by atoms with Crippen molar-refractivity contribution in [1.82, 2.24) is 10.2 Å². The standard InChI is InChI=1S/C18H34N2/c1-2-15-5-3-7-18(11-10-15)20(13-16-8-9-16)14-17-6-4-12-19-17/h15-19H,2-14H2,1H3. The summed E-state index contributed by atoms with van der Waals surface area (Å²) in [5, 5.41) is 3.71. The summed E-state index contributed by atoms with van der Waals surface area (Å²) in [4.78, 5) is 2.90. The van der Waals surface area contributed by atoms with Crippen LogP contribution in [0, 0.1) is 11.8 Å². The monoisotopic (exact) mass is 278 g/mol. The number of hydrogen-bond acceptors (Lipinski definition) is 2. The number of nitrogens with zero attached hydrogens (tertiary/aromatic N) is 1. The molecule has 3 rings (SSSR count). The third-order valence-corrected chi connectivity index (χ3v) is 5.96. The molecule has 2 saturated carbocycles. The maximum atomic E-state index is 3.71. The molecule has 1 N–H and O–H groups in total. The minimum atomic E-state index is 0.791. The first-order chi connectivity index (χ1) is 9.85. The van der Waals surface area contributed by atoms with Gasteiger partial charge in [-0.25, -0.2) is 0 Å². The molecule has 3 aliphatic rings. The van der Waals surface area contributed by atoms with Gasteiger partial charge in [0.1, 0.15) is 0 Å². The van der Waals surface area contributed by atoms with Gasteiger partial charge in [0.05, 0.1) is 0 Å². The van der Waals surface area contributed by atoms with Crippen molar-refractivity contribution in [1.29, 1.82) is 0 Å². The molecule has 2 nitrogen and oxygen atoms in total. The van der Waals surface area contributed by atoms with Crippen LogP contribution in [0.25, 0.3) is 0 Å². The van der Waals surface area contributed by atoms with E-state index < -0.39 is 0 Å². The van der Waals surface area contributed by atoms with Crippen molar-refractivity contribution in [2.75, 3.05) is 19.6 Å². The van der Waals surface area contributed by atoms with Crippen molar-refractivity contribution in [2.24, 2.45) is 11.8 Å². The van der Waals surface area contributed by atoms with Crippen LogP contribution in [0.5, 0.6) is 0 Å². The van der Waals surface area contributed by atoms with Crippen LogP contribution in [0.1, 0.15) is 71.1 Å². The van der Waals surface area contributed by atoms with Crippen LogP contribution >= 0.6 is 0 Å². The molecule has 0 amide bonds. The Balaban J connectivity index is 1.55. The van der Waals surface area contributed by atoms with Gasteiger partial charge >= 0.3 is 0 Å². The molecule has 0 bridgehead atoms. The summed E-state index contributed by atoms with van der Waals surface area (Å²) in [6.07, 6.45) is 14.6. The zero-order valence-electron chi connectivity index (χ0n) is 13.4. The normalized spacial score (nSPS) is 35.4. The minimum absolute atomic E-state index is 0.791. The van der Waals surface area contributed by atoms with Crippen molar-refractivity contribution < 1.29 is 0 Å². The molecule has 0 spiro atoms. The fourth-order valence-electron chi connectivity index (χ4n) is 4.33. The van der Waals surface area contributed by atoms with E-state index in [0.717, 1.165) is 23.9 Å². The highest BCUT2D eigenvalue weighted by atomic mass is 15.2. The second kappa shape index (κ2) is 7.26. The van der Waals surface area contributed by atoms with E-state index in [-0.39, 0.29) is 0 Å². The molecule has 0 aromatic rings. The van der Waals surface area contributed by atoms with E-state index in [4.69, 9.17) is 0 Å². The van der Waals surface area contributed by atoms with Crippen LogP contribution in [0.15, 0.2) is 0 Å². The summed E-state index contributed by atoms with van der Waals surface area (Å²) >= 11 is 0. The fraction of sp³-hybridized carbons (Fsp3) is 1.00. The predicted molar refractivity (Wildman–Crippen MR) is 86.0 cm³/mol. The summed E-state index contributed by atoms with van der Waals surface area (Å²) in [6.45, 7) is 6.37. The summed E-state index contributed by atoms with van der Waals surface area (Å²) in [7, 11) is 0. The second-order valence-electron chi connectivity index (χ2n) is 7.63. The first-order valence-electron chi connectivity index (χ1n) is 9.32. The summed E-state index contributed by atoms with van der Waals surface area (Å²) in [6, 6.07) is 1.69. The first kappa shape index (κ1) is 14.8. The molecule has 0 radical (unpaired) electrons.